The predicted octanol–water partition coefficient (Wildman–Crippen LogP) is 1.50. The second kappa shape index (κ2) is 4.95. The SMILES string of the molecule is O=C(O)CC1(Sc2ccccc2[N+](=O)[O-])CNC1. The Balaban J connectivity index is 2.22. The van der Waals surface area contributed by atoms with E-state index in [-0.39, 0.29) is 12.1 Å². The van der Waals surface area contributed by atoms with E-state index in [1.54, 1.807) is 18.2 Å². The first-order valence-corrected chi connectivity index (χ1v) is 6.19. The first-order valence-electron chi connectivity index (χ1n) is 5.37. The molecule has 0 aromatic heterocycles. The Morgan fingerprint density at radius 2 is 2.17 bits per heavy atom. The normalized spacial score (nSPS) is 16.9. The molecule has 0 radical (unpaired) electrons. The van der Waals surface area contributed by atoms with Crippen LogP contribution in [-0.4, -0.2) is 33.8 Å². The van der Waals surface area contributed by atoms with Gasteiger partial charge in [-0.1, -0.05) is 12.1 Å². The zero-order chi connectivity index (χ0) is 13.2. The number of benzene rings is 1. The number of carbonyl (C=O) groups is 1. The van der Waals surface area contributed by atoms with Crippen molar-refractivity contribution in [2.24, 2.45) is 0 Å². The highest BCUT2D eigenvalue weighted by atomic mass is 32.2. The molecule has 1 aromatic carbocycles. The van der Waals surface area contributed by atoms with E-state index in [2.05, 4.69) is 5.32 Å². The first-order chi connectivity index (χ1) is 8.52. The van der Waals surface area contributed by atoms with Crippen LogP contribution in [0.2, 0.25) is 0 Å². The summed E-state index contributed by atoms with van der Waals surface area (Å²) in [6, 6.07) is 6.41. The summed E-state index contributed by atoms with van der Waals surface area (Å²) in [4.78, 5) is 21.8. The lowest BCUT2D eigenvalue weighted by atomic mass is 9.98. The van der Waals surface area contributed by atoms with Crippen molar-refractivity contribution in [3.05, 3.63) is 34.4 Å². The topological polar surface area (TPSA) is 92.5 Å². The fraction of sp³-hybridized carbons (Fsp3) is 0.364. The summed E-state index contributed by atoms with van der Waals surface area (Å²) in [5.41, 5.74) is 0.0270. The lowest BCUT2D eigenvalue weighted by molar-refractivity contribution is -0.387. The van der Waals surface area contributed by atoms with Crippen molar-refractivity contribution in [3.8, 4) is 0 Å². The molecule has 2 rings (SSSR count). The third-order valence-corrected chi connectivity index (χ3v) is 4.19. The molecule has 0 atom stereocenters. The molecule has 0 saturated carbocycles. The van der Waals surface area contributed by atoms with Gasteiger partial charge in [0.25, 0.3) is 5.69 Å². The van der Waals surface area contributed by atoms with E-state index in [0.717, 1.165) is 0 Å². The second-order valence-electron chi connectivity index (χ2n) is 4.18. The molecule has 18 heavy (non-hydrogen) atoms. The minimum atomic E-state index is -0.886. The van der Waals surface area contributed by atoms with Crippen molar-refractivity contribution < 1.29 is 14.8 Å². The summed E-state index contributed by atoms with van der Waals surface area (Å²) < 4.78 is -0.474. The minimum absolute atomic E-state index is 0.00326. The highest BCUT2D eigenvalue weighted by Gasteiger charge is 2.41. The van der Waals surface area contributed by atoms with Crippen LogP contribution in [0.15, 0.2) is 29.2 Å². The molecule has 7 heteroatoms. The molecule has 0 amide bonds. The van der Waals surface area contributed by atoms with Crippen LogP contribution < -0.4 is 5.32 Å². The Hall–Kier alpha value is -1.60. The molecule has 1 fully saturated rings. The van der Waals surface area contributed by atoms with E-state index in [9.17, 15) is 14.9 Å². The second-order valence-corrected chi connectivity index (χ2v) is 5.69. The van der Waals surface area contributed by atoms with Crippen LogP contribution in [0.3, 0.4) is 0 Å². The number of nitro groups is 1. The van der Waals surface area contributed by atoms with E-state index in [1.807, 2.05) is 0 Å². The molecule has 1 aliphatic rings. The smallest absolute Gasteiger partial charge is 0.304 e. The van der Waals surface area contributed by atoms with Crippen molar-refractivity contribution in [2.75, 3.05) is 13.1 Å². The van der Waals surface area contributed by atoms with Crippen LogP contribution in [0.25, 0.3) is 0 Å². The number of carboxylic acid groups (broad SMARTS) is 1. The van der Waals surface area contributed by atoms with Crippen molar-refractivity contribution >= 4 is 23.4 Å². The number of para-hydroxylation sites is 1. The van der Waals surface area contributed by atoms with Gasteiger partial charge >= 0.3 is 5.97 Å². The fourth-order valence-electron chi connectivity index (χ4n) is 1.84. The molecule has 2 N–H and O–H groups in total. The molecule has 96 valence electrons. The highest BCUT2D eigenvalue weighted by Crippen LogP contribution is 2.42. The molecule has 1 saturated heterocycles. The molecular formula is C11H12N2O4S. The summed E-state index contributed by atoms with van der Waals surface area (Å²) in [6.45, 7) is 1.10. The molecule has 0 aliphatic carbocycles. The Morgan fingerprint density at radius 1 is 1.50 bits per heavy atom. The maximum absolute atomic E-state index is 10.9. The van der Waals surface area contributed by atoms with Gasteiger partial charge in [-0.05, 0) is 6.07 Å². The monoisotopic (exact) mass is 268 g/mol. The highest BCUT2D eigenvalue weighted by molar-refractivity contribution is 8.01. The first kappa shape index (κ1) is 12.8. The lowest BCUT2D eigenvalue weighted by Gasteiger charge is -2.40. The Bertz CT molecular complexity index is 488. The van der Waals surface area contributed by atoms with Gasteiger partial charge in [-0.15, -0.1) is 11.8 Å². The Morgan fingerprint density at radius 3 is 2.67 bits per heavy atom. The van der Waals surface area contributed by atoms with Crippen LogP contribution >= 0.6 is 11.8 Å². The minimum Gasteiger partial charge on any atom is -0.481 e. The maximum Gasteiger partial charge on any atom is 0.304 e. The van der Waals surface area contributed by atoms with E-state index in [0.29, 0.717) is 18.0 Å². The molecular weight excluding hydrogens is 256 g/mol. The molecule has 1 aliphatic heterocycles. The van der Waals surface area contributed by atoms with Crippen LogP contribution in [0.4, 0.5) is 5.69 Å². The number of thioether (sulfide) groups is 1. The average Bonchev–Trinajstić information content (AvgIpc) is 2.26. The zero-order valence-corrected chi connectivity index (χ0v) is 10.3. The van der Waals surface area contributed by atoms with Crippen LogP contribution in [0.1, 0.15) is 6.42 Å². The summed E-state index contributed by atoms with van der Waals surface area (Å²) in [5, 5.41) is 22.8. The van der Waals surface area contributed by atoms with Gasteiger partial charge in [0.15, 0.2) is 0 Å². The van der Waals surface area contributed by atoms with Crippen molar-refractivity contribution in [2.45, 2.75) is 16.1 Å². The maximum atomic E-state index is 10.9. The predicted molar refractivity (Wildman–Crippen MR) is 66.8 cm³/mol. The van der Waals surface area contributed by atoms with Gasteiger partial charge < -0.3 is 10.4 Å². The summed E-state index contributed by atoms with van der Waals surface area (Å²) in [5.74, 6) is -0.886. The number of carboxylic acids is 1. The van der Waals surface area contributed by atoms with Crippen molar-refractivity contribution in [1.29, 1.82) is 0 Å². The average molecular weight is 268 g/mol. The van der Waals surface area contributed by atoms with Gasteiger partial charge in [-0.25, -0.2) is 0 Å². The van der Waals surface area contributed by atoms with E-state index >= 15 is 0 Å². The molecule has 0 unspecified atom stereocenters. The number of nitrogens with zero attached hydrogens (tertiary/aromatic N) is 1. The van der Waals surface area contributed by atoms with E-state index in [4.69, 9.17) is 5.11 Å². The number of nitrogens with one attached hydrogen (secondary N) is 1. The van der Waals surface area contributed by atoms with Crippen LogP contribution in [-0.2, 0) is 4.79 Å². The standard InChI is InChI=1S/C11H12N2O4S/c14-10(15)5-11(6-12-7-11)18-9-4-2-1-3-8(9)13(16)17/h1-4,12H,5-7H2,(H,14,15). The van der Waals surface area contributed by atoms with E-state index < -0.39 is 15.6 Å². The number of nitro benzene ring substituents is 1. The van der Waals surface area contributed by atoms with Crippen LogP contribution in [0.5, 0.6) is 0 Å². The Labute approximate surface area is 108 Å². The van der Waals surface area contributed by atoms with Gasteiger partial charge in [-0.3, -0.25) is 14.9 Å². The largest absolute Gasteiger partial charge is 0.481 e. The van der Waals surface area contributed by atoms with Gasteiger partial charge in [0, 0.05) is 19.2 Å². The quantitative estimate of drug-likeness (QED) is 0.621. The molecule has 1 aromatic rings. The van der Waals surface area contributed by atoms with Crippen molar-refractivity contribution in [1.82, 2.24) is 5.32 Å². The molecule has 0 bridgehead atoms. The number of aliphatic carboxylic acids is 1. The molecule has 0 spiro atoms. The van der Waals surface area contributed by atoms with Crippen molar-refractivity contribution in [3.63, 3.8) is 0 Å². The summed E-state index contributed by atoms with van der Waals surface area (Å²) >= 11 is 1.28. The van der Waals surface area contributed by atoms with Gasteiger partial charge in [0.2, 0.25) is 0 Å². The number of hydrogen-bond donors (Lipinski definition) is 2. The van der Waals surface area contributed by atoms with Gasteiger partial charge in [0.1, 0.15) is 0 Å². The fourth-order valence-corrected chi connectivity index (χ4v) is 3.24. The lowest BCUT2D eigenvalue weighted by Crippen LogP contribution is -2.57. The summed E-state index contributed by atoms with van der Waals surface area (Å²) in [7, 11) is 0. The zero-order valence-electron chi connectivity index (χ0n) is 9.46. The van der Waals surface area contributed by atoms with Gasteiger partial charge in [0.05, 0.1) is 21.0 Å². The number of rotatable bonds is 5. The third-order valence-electron chi connectivity index (χ3n) is 2.76. The van der Waals surface area contributed by atoms with Gasteiger partial charge in [-0.2, -0.15) is 0 Å². The Kier molecular flexibility index (Phi) is 3.53. The third kappa shape index (κ3) is 2.62. The number of hydrogen-bond acceptors (Lipinski definition) is 5. The summed E-state index contributed by atoms with van der Waals surface area (Å²) in [6.07, 6.45) is -0.00326. The van der Waals surface area contributed by atoms with E-state index in [1.165, 1.54) is 17.8 Å². The molecule has 1 heterocycles. The van der Waals surface area contributed by atoms with Crippen LogP contribution in [0, 0.1) is 10.1 Å². The molecule has 6 nitrogen and oxygen atoms in total.